The van der Waals surface area contributed by atoms with Crippen LogP contribution in [0.5, 0.6) is 0 Å². The van der Waals surface area contributed by atoms with Gasteiger partial charge in [0.05, 0.1) is 11.8 Å². The van der Waals surface area contributed by atoms with Crippen molar-refractivity contribution in [2.75, 3.05) is 11.6 Å². The first-order chi connectivity index (χ1) is 14.1. The summed E-state index contributed by atoms with van der Waals surface area (Å²) in [6.07, 6.45) is -0.135. The lowest BCUT2D eigenvalue weighted by molar-refractivity contribution is -0.171. The second-order valence-electron chi connectivity index (χ2n) is 8.92. The zero-order chi connectivity index (χ0) is 21.5. The van der Waals surface area contributed by atoms with Crippen LogP contribution in [0.15, 0.2) is 30.4 Å². The van der Waals surface area contributed by atoms with Crippen molar-refractivity contribution in [2.24, 2.45) is 35.5 Å². The Morgan fingerprint density at radius 1 is 1.07 bits per heavy atom. The summed E-state index contributed by atoms with van der Waals surface area (Å²) in [6, 6.07) is 4.69. The topological polar surface area (TPSA) is 57.7 Å². The summed E-state index contributed by atoms with van der Waals surface area (Å²) in [5.74, 6) is -3.31. The highest BCUT2D eigenvalue weighted by Crippen LogP contribution is 2.65. The van der Waals surface area contributed by atoms with Gasteiger partial charge in [-0.3, -0.25) is 24.2 Å². The van der Waals surface area contributed by atoms with Crippen molar-refractivity contribution in [1.29, 1.82) is 0 Å². The van der Waals surface area contributed by atoms with Gasteiger partial charge in [-0.1, -0.05) is 29.8 Å². The molecule has 1 aliphatic heterocycles. The van der Waals surface area contributed by atoms with Gasteiger partial charge in [-0.15, -0.1) is 0 Å². The Balaban J connectivity index is 1.49. The highest BCUT2D eigenvalue weighted by Gasteiger charge is 2.67. The summed E-state index contributed by atoms with van der Waals surface area (Å²) in [6.45, 7) is 2.67. The highest BCUT2D eigenvalue weighted by molar-refractivity contribution is 6.07. The largest absolute Gasteiger partial charge is 0.471 e. The van der Waals surface area contributed by atoms with E-state index in [1.165, 1.54) is 6.07 Å². The number of carbonyl (C=O) groups excluding carboxylic acids is 3. The van der Waals surface area contributed by atoms with Crippen molar-refractivity contribution in [2.45, 2.75) is 26.4 Å². The normalized spacial score (nSPS) is 33.6. The van der Waals surface area contributed by atoms with Crippen molar-refractivity contribution in [3.63, 3.8) is 0 Å². The number of halogens is 3. The smallest absolute Gasteiger partial charge is 0.286 e. The lowest BCUT2D eigenvalue weighted by Gasteiger charge is -2.37. The van der Waals surface area contributed by atoms with Crippen LogP contribution < -0.4 is 4.90 Å². The number of hydrogen-bond acceptors (Lipinski definition) is 3. The second kappa shape index (κ2) is 6.18. The number of rotatable bonds is 3. The predicted molar refractivity (Wildman–Crippen MR) is 101 cm³/mol. The van der Waals surface area contributed by atoms with E-state index in [-0.39, 0.29) is 17.5 Å². The number of likely N-dealkylation sites (tertiary alicyclic amines) is 1. The second-order valence-corrected chi connectivity index (χ2v) is 8.92. The maximum Gasteiger partial charge on any atom is 0.471 e. The molecule has 30 heavy (non-hydrogen) atoms. The highest BCUT2D eigenvalue weighted by atomic mass is 19.4. The summed E-state index contributed by atoms with van der Waals surface area (Å²) >= 11 is 0. The van der Waals surface area contributed by atoms with Crippen molar-refractivity contribution in [3.8, 4) is 0 Å². The van der Waals surface area contributed by atoms with Gasteiger partial charge in [0.25, 0.3) is 0 Å². The van der Waals surface area contributed by atoms with Crippen molar-refractivity contribution in [3.05, 3.63) is 41.5 Å². The van der Waals surface area contributed by atoms with E-state index >= 15 is 0 Å². The van der Waals surface area contributed by atoms with Gasteiger partial charge in [-0.2, -0.15) is 13.2 Å². The number of hydrogen-bond donors (Lipinski definition) is 0. The molecule has 1 aromatic carbocycles. The van der Waals surface area contributed by atoms with Gasteiger partial charge in [-0.05, 0) is 55.6 Å². The number of benzene rings is 1. The fourth-order valence-corrected chi connectivity index (χ4v) is 5.81. The maximum atomic E-state index is 13.4. The van der Waals surface area contributed by atoms with Gasteiger partial charge in [-0.25, -0.2) is 0 Å². The molecule has 8 heteroatoms. The van der Waals surface area contributed by atoms with E-state index in [0.29, 0.717) is 22.3 Å². The molecule has 6 rings (SSSR count). The molecule has 0 radical (unpaired) electrons. The molecule has 0 aromatic heterocycles. The number of anilines is 1. The van der Waals surface area contributed by atoms with E-state index in [1.54, 1.807) is 26.0 Å². The van der Waals surface area contributed by atoms with Crippen LogP contribution in [-0.4, -0.2) is 35.5 Å². The molecule has 158 valence electrons. The lowest BCUT2D eigenvalue weighted by atomic mass is 9.63. The first-order valence-corrected chi connectivity index (χ1v) is 10.1. The minimum atomic E-state index is -5.13. The third-order valence-electron chi connectivity index (χ3n) is 7.17. The Morgan fingerprint density at radius 2 is 1.63 bits per heavy atom. The van der Waals surface area contributed by atoms with Gasteiger partial charge >= 0.3 is 12.1 Å². The van der Waals surface area contributed by atoms with Crippen molar-refractivity contribution >= 4 is 23.4 Å². The molecule has 0 N–H and O–H groups in total. The molecule has 2 saturated carbocycles. The Kier molecular flexibility index (Phi) is 3.98. The monoisotopic (exact) mass is 418 g/mol. The van der Waals surface area contributed by atoms with Crippen LogP contribution in [0.1, 0.15) is 17.5 Å². The number of nitrogens with zero attached hydrogens (tertiary/aromatic N) is 2. The molecule has 0 spiro atoms. The Labute approximate surface area is 171 Å². The van der Waals surface area contributed by atoms with Crippen LogP contribution >= 0.6 is 0 Å². The summed E-state index contributed by atoms with van der Waals surface area (Å²) in [5.41, 5.74) is 1.34. The predicted octanol–water partition coefficient (Wildman–Crippen LogP) is 3.21. The molecule has 5 aliphatic rings. The average Bonchev–Trinajstić information content (AvgIpc) is 3.45. The molecular weight excluding hydrogens is 397 g/mol. The van der Waals surface area contributed by atoms with Crippen molar-refractivity contribution in [1.82, 2.24) is 4.90 Å². The molecule has 3 fully saturated rings. The van der Waals surface area contributed by atoms with E-state index in [0.717, 1.165) is 16.9 Å². The molecule has 5 nitrogen and oxygen atoms in total. The first kappa shape index (κ1) is 19.3. The minimum Gasteiger partial charge on any atom is -0.286 e. The number of carbonyl (C=O) groups is 3. The number of aryl methyl sites for hydroxylation is 2. The van der Waals surface area contributed by atoms with Crippen LogP contribution in [0.4, 0.5) is 18.9 Å². The standard InChI is InChI=1S/C22H21F3N2O3/c1-10-3-6-16(11(2)7-10)26(21(30)22(23,24)25)9-27-19(28)17-12-4-5-13(15-8-14(12)15)18(17)20(27)29/h3-7,12-15,17-18H,8-9H2,1-2H3/t12-,13-,14-,15+,17+,18-/m1/s1. The van der Waals surface area contributed by atoms with Gasteiger partial charge < -0.3 is 0 Å². The van der Waals surface area contributed by atoms with Crippen LogP contribution in [0, 0.1) is 49.4 Å². The van der Waals surface area contributed by atoms with Gasteiger partial charge in [0.15, 0.2) is 0 Å². The quantitative estimate of drug-likeness (QED) is 0.560. The summed E-state index contributed by atoms with van der Waals surface area (Å²) in [7, 11) is 0. The van der Waals surface area contributed by atoms with Gasteiger partial charge in [0.2, 0.25) is 11.8 Å². The molecule has 2 bridgehead atoms. The molecule has 3 amide bonds. The van der Waals surface area contributed by atoms with Crippen LogP contribution in [-0.2, 0) is 14.4 Å². The number of imide groups is 1. The molecular formula is C22H21F3N2O3. The molecule has 1 heterocycles. The Bertz CT molecular complexity index is 966. The van der Waals surface area contributed by atoms with Crippen molar-refractivity contribution < 1.29 is 27.6 Å². The Hall–Kier alpha value is -2.64. The third-order valence-corrected chi connectivity index (χ3v) is 7.17. The zero-order valence-corrected chi connectivity index (χ0v) is 16.5. The van der Waals surface area contributed by atoms with E-state index in [1.807, 2.05) is 12.2 Å². The Morgan fingerprint density at radius 3 is 2.13 bits per heavy atom. The molecule has 1 saturated heterocycles. The molecule has 4 aliphatic carbocycles. The molecule has 6 atom stereocenters. The number of alkyl halides is 3. The summed E-state index contributed by atoms with van der Waals surface area (Å²) in [4.78, 5) is 39.9. The van der Waals surface area contributed by atoms with Crippen LogP contribution in [0.3, 0.4) is 0 Å². The van der Waals surface area contributed by atoms with E-state index < -0.39 is 42.4 Å². The zero-order valence-electron chi connectivity index (χ0n) is 16.5. The van der Waals surface area contributed by atoms with Crippen LogP contribution in [0.25, 0.3) is 0 Å². The fourth-order valence-electron chi connectivity index (χ4n) is 5.81. The molecule has 0 unspecified atom stereocenters. The van der Waals surface area contributed by atoms with Gasteiger partial charge in [0, 0.05) is 5.69 Å². The SMILES string of the molecule is Cc1ccc(N(CN2C(=O)[C@@H]3[C@@H]4C=C[C@H]([C@H]5C[C@@H]45)[C@@H]3C2=O)C(=O)C(F)(F)F)c(C)c1. The van der Waals surface area contributed by atoms with Crippen LogP contribution in [0.2, 0.25) is 0 Å². The summed E-state index contributed by atoms with van der Waals surface area (Å²) in [5, 5.41) is 0. The third kappa shape index (κ3) is 2.65. The maximum absolute atomic E-state index is 13.4. The first-order valence-electron chi connectivity index (χ1n) is 10.1. The average molecular weight is 418 g/mol. The van der Waals surface area contributed by atoms with E-state index in [4.69, 9.17) is 0 Å². The van der Waals surface area contributed by atoms with E-state index in [2.05, 4.69) is 0 Å². The fraction of sp³-hybridized carbons (Fsp3) is 0.500. The van der Waals surface area contributed by atoms with E-state index in [9.17, 15) is 27.6 Å². The minimum absolute atomic E-state index is 0.0284. The van der Waals surface area contributed by atoms with Gasteiger partial charge in [0.1, 0.15) is 6.67 Å². The lowest BCUT2D eigenvalue weighted by Crippen LogP contribution is -2.49. The summed E-state index contributed by atoms with van der Waals surface area (Å²) < 4.78 is 40.1. The molecule has 1 aromatic rings. The number of allylic oxidation sites excluding steroid dienone is 2. The number of amides is 3.